The molecule has 18 heavy (non-hydrogen) atoms. The van der Waals surface area contributed by atoms with Crippen LogP contribution >= 0.6 is 0 Å². The zero-order chi connectivity index (χ0) is 12.9. The molecule has 92 valence electrons. The van der Waals surface area contributed by atoms with Gasteiger partial charge >= 0.3 is 35.5 Å². The van der Waals surface area contributed by atoms with Crippen LogP contribution in [-0.2, 0) is 9.53 Å². The third kappa shape index (κ3) is 3.55. The molecule has 3 nitrogen and oxygen atoms in total. The van der Waals surface area contributed by atoms with Gasteiger partial charge in [-0.15, -0.1) is 6.58 Å². The van der Waals surface area contributed by atoms with Crippen molar-refractivity contribution in [2.24, 2.45) is 5.41 Å². The summed E-state index contributed by atoms with van der Waals surface area (Å²) in [6, 6.07) is 8.72. The second-order valence-corrected chi connectivity index (χ2v) is 4.01. The van der Waals surface area contributed by atoms with Crippen molar-refractivity contribution in [3.05, 3.63) is 48.6 Å². The monoisotopic (exact) mass is 256 g/mol. The second kappa shape index (κ2) is 7.52. The van der Waals surface area contributed by atoms with Gasteiger partial charge in [0.05, 0.1) is 7.11 Å². The molecule has 0 N–H and O–H groups in total. The number of ketones is 1. The van der Waals surface area contributed by atoms with E-state index in [0.717, 1.165) is 0 Å². The normalized spacial score (nSPS) is 12.8. The van der Waals surface area contributed by atoms with Crippen LogP contribution in [0.4, 0.5) is 0 Å². The number of esters is 1. The number of ether oxygens (including phenoxy) is 1. The molecule has 0 bridgehead atoms. The maximum absolute atomic E-state index is 12.3. The molecule has 0 heterocycles. The number of hydrogen-bond acceptors (Lipinski definition) is 3. The second-order valence-electron chi connectivity index (χ2n) is 4.01. The summed E-state index contributed by atoms with van der Waals surface area (Å²) in [4.78, 5) is 24.1. The minimum absolute atomic E-state index is 0. The fourth-order valence-corrected chi connectivity index (χ4v) is 1.69. The molecule has 1 atom stereocenters. The molecule has 0 aliphatic heterocycles. The predicted molar refractivity (Wildman–Crippen MR) is 72.9 cm³/mol. The molecule has 1 unspecified atom stereocenters. The van der Waals surface area contributed by atoms with Gasteiger partial charge in [0.1, 0.15) is 5.41 Å². The van der Waals surface area contributed by atoms with E-state index in [1.165, 1.54) is 7.11 Å². The first kappa shape index (κ1) is 17.1. The molecule has 1 rings (SSSR count). The van der Waals surface area contributed by atoms with Gasteiger partial charge in [-0.1, -0.05) is 36.4 Å². The average molecular weight is 256 g/mol. The Morgan fingerprint density at radius 2 is 1.89 bits per heavy atom. The summed E-state index contributed by atoms with van der Waals surface area (Å²) in [7, 11) is 1.28. The number of carbonyl (C=O) groups is 2. The Morgan fingerprint density at radius 1 is 1.33 bits per heavy atom. The van der Waals surface area contributed by atoms with E-state index < -0.39 is 11.4 Å². The Balaban J connectivity index is 0.00000289. The van der Waals surface area contributed by atoms with Gasteiger partial charge in [-0.3, -0.25) is 9.59 Å². The third-order valence-electron chi connectivity index (χ3n) is 2.73. The standard InChI is InChI=1S/C14H16O3.Na.H/c1-4-10-14(2,13(16)17-3)12(15)11-8-6-5-7-9-11;;/h4-9H,1,10H2,2-3H3;;. The predicted octanol–water partition coefficient (Wildman–Crippen LogP) is 1.98. The number of hydrogen-bond donors (Lipinski definition) is 0. The number of carbonyl (C=O) groups excluding carboxylic acids is 2. The van der Waals surface area contributed by atoms with Crippen LogP contribution in [0.3, 0.4) is 0 Å². The molecule has 0 spiro atoms. The van der Waals surface area contributed by atoms with Crippen LogP contribution in [0.5, 0.6) is 0 Å². The van der Waals surface area contributed by atoms with E-state index in [0.29, 0.717) is 5.56 Å². The van der Waals surface area contributed by atoms with Crippen molar-refractivity contribution in [1.82, 2.24) is 0 Å². The van der Waals surface area contributed by atoms with Gasteiger partial charge in [0, 0.05) is 5.56 Å². The van der Waals surface area contributed by atoms with Crippen molar-refractivity contribution in [2.75, 3.05) is 7.11 Å². The molecule has 0 fully saturated rings. The number of methoxy groups -OCH3 is 1. The molecule has 0 amide bonds. The maximum atomic E-state index is 12.3. The zero-order valence-corrected chi connectivity index (χ0v) is 10.1. The molecule has 0 aliphatic carbocycles. The summed E-state index contributed by atoms with van der Waals surface area (Å²) in [5, 5.41) is 0. The van der Waals surface area contributed by atoms with Gasteiger partial charge in [-0.25, -0.2) is 0 Å². The van der Waals surface area contributed by atoms with E-state index in [2.05, 4.69) is 6.58 Å². The minimum atomic E-state index is -1.20. The number of rotatable bonds is 5. The van der Waals surface area contributed by atoms with Gasteiger partial charge in [-0.2, -0.15) is 0 Å². The van der Waals surface area contributed by atoms with Crippen LogP contribution in [-0.4, -0.2) is 48.4 Å². The Hall–Kier alpha value is -0.900. The summed E-state index contributed by atoms with van der Waals surface area (Å²) in [6.45, 7) is 5.16. The SMILES string of the molecule is C=CCC(C)(C(=O)OC)C(=O)c1ccccc1.[NaH]. The molecule has 4 heteroatoms. The molecular weight excluding hydrogens is 239 g/mol. The first-order valence-electron chi connectivity index (χ1n) is 5.35. The molecule has 0 aliphatic rings. The molecule has 1 aromatic carbocycles. The van der Waals surface area contributed by atoms with Crippen molar-refractivity contribution in [2.45, 2.75) is 13.3 Å². The molecule has 0 radical (unpaired) electrons. The Kier molecular flexibility index (Phi) is 7.14. The quantitative estimate of drug-likeness (QED) is 0.266. The number of Topliss-reactive ketones (excluding diaryl/α,β-unsaturated/α-hetero) is 1. The van der Waals surface area contributed by atoms with Crippen molar-refractivity contribution in [3.8, 4) is 0 Å². The van der Waals surface area contributed by atoms with Crippen LogP contribution < -0.4 is 0 Å². The van der Waals surface area contributed by atoms with Gasteiger partial charge in [0.2, 0.25) is 0 Å². The summed E-state index contributed by atoms with van der Waals surface area (Å²) in [6.07, 6.45) is 1.81. The zero-order valence-electron chi connectivity index (χ0n) is 10.1. The van der Waals surface area contributed by atoms with Crippen LogP contribution in [0, 0.1) is 5.41 Å². The Bertz CT molecular complexity index is 428. The van der Waals surface area contributed by atoms with Gasteiger partial charge < -0.3 is 4.74 Å². The van der Waals surface area contributed by atoms with E-state index in [9.17, 15) is 9.59 Å². The van der Waals surface area contributed by atoms with E-state index in [4.69, 9.17) is 4.74 Å². The average Bonchev–Trinajstić information content (AvgIpc) is 2.38. The van der Waals surface area contributed by atoms with E-state index >= 15 is 0 Å². The van der Waals surface area contributed by atoms with Crippen molar-refractivity contribution in [3.63, 3.8) is 0 Å². The van der Waals surface area contributed by atoms with Gasteiger partial charge in [-0.05, 0) is 13.3 Å². The fourth-order valence-electron chi connectivity index (χ4n) is 1.69. The molecule has 0 saturated carbocycles. The number of benzene rings is 1. The third-order valence-corrected chi connectivity index (χ3v) is 2.73. The van der Waals surface area contributed by atoms with E-state index in [1.54, 1.807) is 37.3 Å². The molecule has 0 saturated heterocycles. The Labute approximate surface area is 130 Å². The number of allylic oxidation sites excluding steroid dienone is 1. The molecule has 0 aromatic heterocycles. The van der Waals surface area contributed by atoms with Crippen molar-refractivity contribution in [1.29, 1.82) is 0 Å². The topological polar surface area (TPSA) is 43.4 Å². The van der Waals surface area contributed by atoms with Crippen LogP contribution in [0.15, 0.2) is 43.0 Å². The summed E-state index contributed by atoms with van der Waals surface area (Å²) < 4.78 is 4.70. The van der Waals surface area contributed by atoms with E-state index in [-0.39, 0.29) is 41.8 Å². The van der Waals surface area contributed by atoms with Crippen LogP contribution in [0.2, 0.25) is 0 Å². The molecular formula is C14H17NaO3. The summed E-state index contributed by atoms with van der Waals surface area (Å²) >= 11 is 0. The first-order valence-corrected chi connectivity index (χ1v) is 5.35. The summed E-state index contributed by atoms with van der Waals surface area (Å²) in [5.41, 5.74) is -0.694. The van der Waals surface area contributed by atoms with E-state index in [1.807, 2.05) is 6.07 Å². The molecule has 1 aromatic rings. The summed E-state index contributed by atoms with van der Waals surface area (Å²) in [5.74, 6) is -0.781. The first-order chi connectivity index (χ1) is 8.06. The van der Waals surface area contributed by atoms with Crippen molar-refractivity contribution >= 4 is 41.3 Å². The Morgan fingerprint density at radius 3 is 2.33 bits per heavy atom. The van der Waals surface area contributed by atoms with Gasteiger partial charge in [0.15, 0.2) is 5.78 Å². The van der Waals surface area contributed by atoms with Crippen LogP contribution in [0.1, 0.15) is 23.7 Å². The van der Waals surface area contributed by atoms with Crippen molar-refractivity contribution < 1.29 is 14.3 Å². The fraction of sp³-hybridized carbons (Fsp3) is 0.286. The van der Waals surface area contributed by atoms with Gasteiger partial charge in [0.25, 0.3) is 0 Å². The van der Waals surface area contributed by atoms with Crippen LogP contribution in [0.25, 0.3) is 0 Å².